The second-order valence-electron chi connectivity index (χ2n) is 4.21. The van der Waals surface area contributed by atoms with Gasteiger partial charge >= 0.3 is 6.09 Å². The van der Waals surface area contributed by atoms with Crippen molar-refractivity contribution in [3.8, 4) is 0 Å². The standard InChI is InChI=1S/C10H16N2O3/c11-9(13)8-6-12(8)10(14)15-7-4-2-1-3-5-7/h7-8H,1-6H2,(H2,11,13). The SMILES string of the molecule is NC(=O)C1CN1C(=O)OC1CCCCC1. The average Bonchev–Trinajstić information content (AvgIpc) is 2.98. The Morgan fingerprint density at radius 1 is 1.20 bits per heavy atom. The third-order valence-electron chi connectivity index (χ3n) is 2.99. The molecule has 0 radical (unpaired) electrons. The van der Waals surface area contributed by atoms with Crippen LogP contribution in [0.4, 0.5) is 4.79 Å². The maximum atomic E-state index is 11.5. The van der Waals surface area contributed by atoms with Crippen LogP contribution in [0.25, 0.3) is 0 Å². The minimum atomic E-state index is -0.449. The molecule has 0 aromatic heterocycles. The molecule has 2 amide bonds. The number of primary amides is 1. The van der Waals surface area contributed by atoms with Crippen molar-refractivity contribution in [3.63, 3.8) is 0 Å². The summed E-state index contributed by atoms with van der Waals surface area (Å²) in [5.74, 6) is -0.449. The molecule has 1 atom stereocenters. The molecule has 0 bridgehead atoms. The fraction of sp³-hybridized carbons (Fsp3) is 0.800. The predicted octanol–water partition coefficient (Wildman–Crippen LogP) is 0.625. The Morgan fingerprint density at radius 3 is 2.40 bits per heavy atom. The molecule has 84 valence electrons. The number of nitrogens with two attached hydrogens (primary N) is 1. The molecule has 1 aliphatic carbocycles. The van der Waals surface area contributed by atoms with Gasteiger partial charge in [0, 0.05) is 0 Å². The molecule has 5 nitrogen and oxygen atoms in total. The maximum Gasteiger partial charge on any atom is 0.410 e. The fourth-order valence-corrected chi connectivity index (χ4v) is 1.98. The van der Waals surface area contributed by atoms with Gasteiger partial charge in [-0.2, -0.15) is 0 Å². The summed E-state index contributed by atoms with van der Waals surface area (Å²) in [6.07, 6.45) is 5.02. The molecule has 1 aliphatic heterocycles. The van der Waals surface area contributed by atoms with E-state index in [2.05, 4.69) is 0 Å². The van der Waals surface area contributed by atoms with E-state index >= 15 is 0 Å². The van der Waals surface area contributed by atoms with E-state index in [0.29, 0.717) is 6.54 Å². The highest BCUT2D eigenvalue weighted by atomic mass is 16.6. The zero-order valence-electron chi connectivity index (χ0n) is 8.65. The molecule has 1 heterocycles. The summed E-state index contributed by atoms with van der Waals surface area (Å²) in [6, 6.07) is -0.430. The summed E-state index contributed by atoms with van der Waals surface area (Å²) in [5.41, 5.74) is 5.07. The predicted molar refractivity (Wildman–Crippen MR) is 53.0 cm³/mol. The number of carbonyl (C=O) groups excluding carboxylic acids is 2. The number of hydrogen-bond donors (Lipinski definition) is 1. The minimum absolute atomic E-state index is 0.0420. The number of amides is 2. The van der Waals surface area contributed by atoms with Crippen LogP contribution in [0.1, 0.15) is 32.1 Å². The molecule has 2 fully saturated rings. The van der Waals surface area contributed by atoms with E-state index in [-0.39, 0.29) is 12.2 Å². The third-order valence-corrected chi connectivity index (χ3v) is 2.99. The van der Waals surface area contributed by atoms with Crippen LogP contribution < -0.4 is 5.73 Å². The second-order valence-corrected chi connectivity index (χ2v) is 4.21. The van der Waals surface area contributed by atoms with Crippen LogP contribution in [0.3, 0.4) is 0 Å². The molecule has 1 saturated carbocycles. The molecule has 0 aromatic rings. The summed E-state index contributed by atoms with van der Waals surface area (Å²) in [4.78, 5) is 23.6. The first-order valence-corrected chi connectivity index (χ1v) is 5.45. The summed E-state index contributed by atoms with van der Waals surface area (Å²) < 4.78 is 5.27. The Kier molecular flexibility index (Phi) is 2.79. The summed E-state index contributed by atoms with van der Waals surface area (Å²) in [5, 5.41) is 0. The first-order valence-electron chi connectivity index (χ1n) is 5.45. The average molecular weight is 212 g/mol. The fourth-order valence-electron chi connectivity index (χ4n) is 1.98. The molecule has 0 spiro atoms. The third kappa shape index (κ3) is 2.40. The van der Waals surface area contributed by atoms with E-state index < -0.39 is 11.9 Å². The van der Waals surface area contributed by atoms with Crippen molar-refractivity contribution in [2.45, 2.75) is 44.2 Å². The quantitative estimate of drug-likeness (QED) is 0.682. The summed E-state index contributed by atoms with van der Waals surface area (Å²) in [7, 11) is 0. The Morgan fingerprint density at radius 2 is 1.87 bits per heavy atom. The van der Waals surface area contributed by atoms with Crippen molar-refractivity contribution >= 4 is 12.0 Å². The number of carbonyl (C=O) groups is 2. The van der Waals surface area contributed by atoms with Gasteiger partial charge in [0.05, 0.1) is 6.54 Å². The lowest BCUT2D eigenvalue weighted by molar-refractivity contribution is -0.118. The van der Waals surface area contributed by atoms with Crippen molar-refractivity contribution in [3.05, 3.63) is 0 Å². The zero-order valence-corrected chi connectivity index (χ0v) is 8.65. The van der Waals surface area contributed by atoms with Gasteiger partial charge < -0.3 is 10.5 Å². The van der Waals surface area contributed by atoms with E-state index in [1.165, 1.54) is 11.3 Å². The lowest BCUT2D eigenvalue weighted by Crippen LogP contribution is -2.28. The Bertz CT molecular complexity index is 274. The topological polar surface area (TPSA) is 72.4 Å². The molecule has 2 N–H and O–H groups in total. The van der Waals surface area contributed by atoms with Crippen molar-refractivity contribution < 1.29 is 14.3 Å². The van der Waals surface area contributed by atoms with Gasteiger partial charge in [0.2, 0.25) is 5.91 Å². The van der Waals surface area contributed by atoms with Crippen molar-refractivity contribution in [2.24, 2.45) is 5.73 Å². The molecule has 2 aliphatic rings. The van der Waals surface area contributed by atoms with Crippen molar-refractivity contribution in [1.82, 2.24) is 4.90 Å². The lowest BCUT2D eigenvalue weighted by Gasteiger charge is -2.21. The van der Waals surface area contributed by atoms with Crippen molar-refractivity contribution in [2.75, 3.05) is 6.54 Å². The van der Waals surface area contributed by atoms with Gasteiger partial charge in [-0.3, -0.25) is 9.69 Å². The van der Waals surface area contributed by atoms with Gasteiger partial charge in [-0.1, -0.05) is 6.42 Å². The lowest BCUT2D eigenvalue weighted by atomic mass is 9.98. The number of nitrogens with zero attached hydrogens (tertiary/aromatic N) is 1. The van der Waals surface area contributed by atoms with E-state index in [0.717, 1.165) is 25.7 Å². The second kappa shape index (κ2) is 4.08. The van der Waals surface area contributed by atoms with Gasteiger partial charge in [0.25, 0.3) is 0 Å². The van der Waals surface area contributed by atoms with E-state index in [1.807, 2.05) is 0 Å². The first kappa shape index (κ1) is 10.3. The van der Waals surface area contributed by atoms with Crippen LogP contribution >= 0.6 is 0 Å². The van der Waals surface area contributed by atoms with Crippen LogP contribution in [0.2, 0.25) is 0 Å². The molecule has 5 heteroatoms. The van der Waals surface area contributed by atoms with Gasteiger partial charge in [0.15, 0.2) is 0 Å². The largest absolute Gasteiger partial charge is 0.446 e. The molecule has 15 heavy (non-hydrogen) atoms. The van der Waals surface area contributed by atoms with Gasteiger partial charge in [0.1, 0.15) is 12.1 Å². The van der Waals surface area contributed by atoms with Crippen LogP contribution in [-0.4, -0.2) is 35.6 Å². The summed E-state index contributed by atoms with van der Waals surface area (Å²) >= 11 is 0. The number of hydrogen-bond acceptors (Lipinski definition) is 3. The Balaban J connectivity index is 1.75. The minimum Gasteiger partial charge on any atom is -0.446 e. The van der Waals surface area contributed by atoms with E-state index in [9.17, 15) is 9.59 Å². The maximum absolute atomic E-state index is 11.5. The van der Waals surface area contributed by atoms with Crippen LogP contribution in [0.15, 0.2) is 0 Å². The highest BCUT2D eigenvalue weighted by Gasteiger charge is 2.44. The highest BCUT2D eigenvalue weighted by Crippen LogP contribution is 2.24. The molecule has 0 aromatic carbocycles. The summed E-state index contributed by atoms with van der Waals surface area (Å²) in [6.45, 7) is 0.418. The van der Waals surface area contributed by atoms with Crippen LogP contribution in [0, 0.1) is 0 Å². The Hall–Kier alpha value is -1.26. The number of ether oxygens (including phenoxy) is 1. The smallest absolute Gasteiger partial charge is 0.410 e. The zero-order chi connectivity index (χ0) is 10.8. The van der Waals surface area contributed by atoms with Crippen LogP contribution in [-0.2, 0) is 9.53 Å². The van der Waals surface area contributed by atoms with E-state index in [1.54, 1.807) is 0 Å². The van der Waals surface area contributed by atoms with Crippen LogP contribution in [0.5, 0.6) is 0 Å². The van der Waals surface area contributed by atoms with E-state index in [4.69, 9.17) is 10.5 Å². The molecular weight excluding hydrogens is 196 g/mol. The van der Waals surface area contributed by atoms with Gasteiger partial charge in [-0.25, -0.2) is 4.79 Å². The molecule has 2 rings (SSSR count). The normalized spacial score (nSPS) is 26.1. The molecule has 1 saturated heterocycles. The van der Waals surface area contributed by atoms with Gasteiger partial charge in [-0.15, -0.1) is 0 Å². The van der Waals surface area contributed by atoms with Crippen molar-refractivity contribution in [1.29, 1.82) is 0 Å². The first-order chi connectivity index (χ1) is 7.18. The monoisotopic (exact) mass is 212 g/mol. The number of rotatable bonds is 2. The Labute approximate surface area is 88.5 Å². The van der Waals surface area contributed by atoms with Gasteiger partial charge in [-0.05, 0) is 25.7 Å². The molecular formula is C10H16N2O3. The molecule has 1 unspecified atom stereocenters. The highest BCUT2D eigenvalue weighted by molar-refractivity contribution is 5.89.